The number of carbonyl (C=O) groups is 2. The Morgan fingerprint density at radius 1 is 1.32 bits per heavy atom. The Morgan fingerprint density at radius 2 is 2.12 bits per heavy atom. The van der Waals surface area contributed by atoms with Gasteiger partial charge >= 0.3 is 5.97 Å². The first-order valence-electron chi connectivity index (χ1n) is 9.04. The lowest BCUT2D eigenvalue weighted by molar-refractivity contribution is -0.174. The quantitative estimate of drug-likeness (QED) is 0.793. The molecule has 1 aliphatic carbocycles. The first-order chi connectivity index (χ1) is 12.2. The van der Waals surface area contributed by atoms with E-state index in [0.29, 0.717) is 32.5 Å². The van der Waals surface area contributed by atoms with Gasteiger partial charge in [-0.3, -0.25) is 4.79 Å². The molecule has 2 aliphatic heterocycles. The van der Waals surface area contributed by atoms with Crippen LogP contribution in [0.5, 0.6) is 0 Å². The Morgan fingerprint density at radius 3 is 2.88 bits per heavy atom. The van der Waals surface area contributed by atoms with E-state index in [-0.39, 0.29) is 23.8 Å². The van der Waals surface area contributed by atoms with Crippen molar-refractivity contribution >= 4 is 11.9 Å². The number of carbonyl (C=O) groups excluding carboxylic acids is 2. The summed E-state index contributed by atoms with van der Waals surface area (Å²) in [6.07, 6.45) is 4.44. The Balaban J connectivity index is 1.66. The van der Waals surface area contributed by atoms with Gasteiger partial charge in [0.25, 0.3) is 0 Å². The van der Waals surface area contributed by atoms with Crippen LogP contribution < -0.4 is 0 Å². The number of piperidine rings is 1. The van der Waals surface area contributed by atoms with Gasteiger partial charge in [0, 0.05) is 24.3 Å². The summed E-state index contributed by atoms with van der Waals surface area (Å²) in [5.74, 6) is -0.0407. The number of nitrogens with zero attached hydrogens (tertiary/aromatic N) is 1. The molecule has 5 nitrogen and oxygen atoms in total. The van der Waals surface area contributed by atoms with E-state index < -0.39 is 5.72 Å². The van der Waals surface area contributed by atoms with Crippen LogP contribution in [-0.2, 0) is 19.1 Å². The molecule has 3 atom stereocenters. The van der Waals surface area contributed by atoms with Crippen LogP contribution in [0, 0.1) is 5.92 Å². The molecular formula is C20H23NO4. The molecule has 2 heterocycles. The molecule has 0 N–H and O–H groups in total. The third-order valence-electron chi connectivity index (χ3n) is 5.60. The van der Waals surface area contributed by atoms with Crippen molar-refractivity contribution < 1.29 is 19.1 Å². The summed E-state index contributed by atoms with van der Waals surface area (Å²) in [6.45, 7) is 2.70. The molecule has 5 heteroatoms. The van der Waals surface area contributed by atoms with Crippen molar-refractivity contribution in [2.24, 2.45) is 5.92 Å². The zero-order valence-electron chi connectivity index (χ0n) is 14.4. The molecule has 0 aromatic heterocycles. The Bertz CT molecular complexity index is 714. The van der Waals surface area contributed by atoms with Crippen molar-refractivity contribution in [2.75, 3.05) is 13.2 Å². The highest BCUT2D eigenvalue weighted by Gasteiger charge is 2.57. The second-order valence-electron chi connectivity index (χ2n) is 6.90. The summed E-state index contributed by atoms with van der Waals surface area (Å²) < 4.78 is 11.4. The van der Waals surface area contributed by atoms with E-state index in [1.807, 2.05) is 48.2 Å². The Labute approximate surface area is 147 Å². The third-order valence-corrected chi connectivity index (χ3v) is 5.60. The summed E-state index contributed by atoms with van der Waals surface area (Å²) in [5.41, 5.74) is 1.22. The van der Waals surface area contributed by atoms with E-state index in [4.69, 9.17) is 9.47 Å². The maximum Gasteiger partial charge on any atom is 0.333 e. The van der Waals surface area contributed by atoms with Gasteiger partial charge in [0.1, 0.15) is 0 Å². The second-order valence-corrected chi connectivity index (χ2v) is 6.90. The van der Waals surface area contributed by atoms with E-state index in [2.05, 4.69) is 0 Å². The van der Waals surface area contributed by atoms with Crippen LogP contribution in [0.2, 0.25) is 0 Å². The van der Waals surface area contributed by atoms with Crippen molar-refractivity contribution in [3.8, 4) is 0 Å². The van der Waals surface area contributed by atoms with E-state index in [0.717, 1.165) is 17.6 Å². The molecule has 1 unspecified atom stereocenters. The number of hydrogen-bond acceptors (Lipinski definition) is 4. The molecule has 1 aromatic rings. The highest BCUT2D eigenvalue weighted by molar-refractivity contribution is 5.89. The van der Waals surface area contributed by atoms with Gasteiger partial charge in [-0.2, -0.15) is 0 Å². The molecule has 3 aliphatic rings. The molecule has 2 saturated heterocycles. The van der Waals surface area contributed by atoms with Crippen molar-refractivity contribution in [3.63, 3.8) is 0 Å². The van der Waals surface area contributed by atoms with Crippen molar-refractivity contribution in [2.45, 2.75) is 44.4 Å². The fraction of sp³-hybridized carbons (Fsp3) is 0.500. The molecule has 25 heavy (non-hydrogen) atoms. The SMILES string of the molecule is CCOC(=O)C1=CC2CCC(=O)N3[C@H](c4ccccc4)CO[C@@]23CC1. The van der Waals surface area contributed by atoms with Crippen LogP contribution >= 0.6 is 0 Å². The molecule has 2 fully saturated rings. The first-order valence-corrected chi connectivity index (χ1v) is 9.04. The standard InChI is InChI=1S/C20H23NO4/c1-2-24-19(23)15-10-11-20-16(12-15)8-9-18(22)21(20)17(13-25-20)14-6-4-3-5-7-14/h3-7,12,16-17H,2,8-11,13H2,1H3/t16?,17-,20-/m0/s1. The van der Waals surface area contributed by atoms with Gasteiger partial charge in [0.2, 0.25) is 5.91 Å². The number of benzene rings is 1. The lowest BCUT2D eigenvalue weighted by Gasteiger charge is -2.49. The van der Waals surface area contributed by atoms with Gasteiger partial charge in [0.15, 0.2) is 5.72 Å². The number of esters is 1. The molecule has 1 spiro atoms. The monoisotopic (exact) mass is 341 g/mol. The number of hydrogen-bond donors (Lipinski definition) is 0. The lowest BCUT2D eigenvalue weighted by Crippen LogP contribution is -2.58. The minimum Gasteiger partial charge on any atom is -0.463 e. The van der Waals surface area contributed by atoms with E-state index >= 15 is 0 Å². The van der Waals surface area contributed by atoms with Crippen LogP contribution in [0.3, 0.4) is 0 Å². The fourth-order valence-electron chi connectivity index (χ4n) is 4.47. The smallest absolute Gasteiger partial charge is 0.333 e. The van der Waals surface area contributed by atoms with Crippen molar-refractivity contribution in [1.29, 1.82) is 0 Å². The molecule has 0 saturated carbocycles. The van der Waals surface area contributed by atoms with Gasteiger partial charge in [0.05, 0.1) is 19.3 Å². The lowest BCUT2D eigenvalue weighted by atomic mass is 9.76. The topological polar surface area (TPSA) is 55.8 Å². The van der Waals surface area contributed by atoms with Crippen molar-refractivity contribution in [1.82, 2.24) is 4.90 Å². The highest BCUT2D eigenvalue weighted by Crippen LogP contribution is 2.51. The maximum absolute atomic E-state index is 12.8. The average Bonchev–Trinajstić information content (AvgIpc) is 3.03. The zero-order chi connectivity index (χ0) is 17.4. The van der Waals surface area contributed by atoms with Crippen LogP contribution in [0.1, 0.15) is 44.2 Å². The summed E-state index contributed by atoms with van der Waals surface area (Å²) in [6, 6.07) is 10.0. The van der Waals surface area contributed by atoms with Crippen LogP contribution in [0.25, 0.3) is 0 Å². The summed E-state index contributed by atoms with van der Waals surface area (Å²) in [7, 11) is 0. The minimum atomic E-state index is -0.605. The van der Waals surface area contributed by atoms with Gasteiger partial charge in [-0.1, -0.05) is 36.4 Å². The highest BCUT2D eigenvalue weighted by atomic mass is 16.5. The fourth-order valence-corrected chi connectivity index (χ4v) is 4.47. The maximum atomic E-state index is 12.8. The van der Waals surface area contributed by atoms with Crippen LogP contribution in [-0.4, -0.2) is 35.7 Å². The molecule has 132 valence electrons. The van der Waals surface area contributed by atoms with Gasteiger partial charge in [-0.25, -0.2) is 4.79 Å². The number of amides is 1. The van der Waals surface area contributed by atoms with Gasteiger partial charge in [-0.05, 0) is 25.3 Å². The van der Waals surface area contributed by atoms with Crippen LogP contribution in [0.15, 0.2) is 42.0 Å². The van der Waals surface area contributed by atoms with Gasteiger partial charge < -0.3 is 14.4 Å². The van der Waals surface area contributed by atoms with E-state index in [1.54, 1.807) is 0 Å². The summed E-state index contributed by atoms with van der Waals surface area (Å²) >= 11 is 0. The third kappa shape index (κ3) is 2.58. The Hall–Kier alpha value is -2.14. The van der Waals surface area contributed by atoms with E-state index in [9.17, 15) is 9.59 Å². The molecule has 0 radical (unpaired) electrons. The zero-order valence-corrected chi connectivity index (χ0v) is 14.4. The molecular weight excluding hydrogens is 318 g/mol. The number of rotatable bonds is 3. The predicted molar refractivity (Wildman–Crippen MR) is 91.4 cm³/mol. The molecule has 4 rings (SSSR count). The van der Waals surface area contributed by atoms with Gasteiger partial charge in [-0.15, -0.1) is 0 Å². The molecule has 1 aromatic carbocycles. The normalized spacial score (nSPS) is 31.2. The largest absolute Gasteiger partial charge is 0.463 e. The minimum absolute atomic E-state index is 0.0472. The summed E-state index contributed by atoms with van der Waals surface area (Å²) in [4.78, 5) is 26.8. The predicted octanol–water partition coefficient (Wildman–Crippen LogP) is 2.98. The first kappa shape index (κ1) is 16.3. The average molecular weight is 341 g/mol. The van der Waals surface area contributed by atoms with Crippen LogP contribution in [0.4, 0.5) is 0 Å². The van der Waals surface area contributed by atoms with Crippen molar-refractivity contribution in [3.05, 3.63) is 47.5 Å². The summed E-state index contributed by atoms with van der Waals surface area (Å²) in [5, 5.41) is 0. The molecule has 0 bridgehead atoms. The molecule has 1 amide bonds. The Kier molecular flexibility index (Phi) is 4.12. The van der Waals surface area contributed by atoms with E-state index in [1.165, 1.54) is 0 Å². The number of ether oxygens (including phenoxy) is 2. The second kappa shape index (κ2) is 6.30.